The van der Waals surface area contributed by atoms with Crippen LogP contribution in [-0.2, 0) is 4.79 Å². The molecule has 0 unspecified atom stereocenters. The van der Waals surface area contributed by atoms with Gasteiger partial charge in [-0.05, 0) is 43.2 Å². The Balaban J connectivity index is 1.30. The standard InChI is InChI=1S/C21H20BrN5O2/c22-16-3-1-4-18(13-16)29-19-6-5-17(14-25-19)26-20(28)15-7-11-27(12-8-15)21-23-9-2-10-24-21/h1-6,9-10,13-15H,7-8,11-12H2,(H,26,28). The van der Waals surface area contributed by atoms with E-state index in [9.17, 15) is 4.79 Å². The SMILES string of the molecule is O=C(Nc1ccc(Oc2cccc(Br)c2)nc1)C1CCN(c2ncccn2)CC1. The maximum absolute atomic E-state index is 12.6. The highest BCUT2D eigenvalue weighted by atomic mass is 79.9. The summed E-state index contributed by atoms with van der Waals surface area (Å²) >= 11 is 3.41. The first kappa shape index (κ1) is 19.3. The number of benzene rings is 1. The molecule has 1 aromatic carbocycles. The van der Waals surface area contributed by atoms with E-state index in [-0.39, 0.29) is 11.8 Å². The van der Waals surface area contributed by atoms with Crippen molar-refractivity contribution in [2.45, 2.75) is 12.8 Å². The van der Waals surface area contributed by atoms with Gasteiger partial charge >= 0.3 is 0 Å². The minimum Gasteiger partial charge on any atom is -0.439 e. The van der Waals surface area contributed by atoms with Crippen LogP contribution in [0.2, 0.25) is 0 Å². The molecule has 0 aliphatic carbocycles. The third-order valence-corrected chi connectivity index (χ3v) is 5.22. The number of amides is 1. The second kappa shape index (κ2) is 9.00. The van der Waals surface area contributed by atoms with Gasteiger partial charge in [0.2, 0.25) is 17.7 Å². The van der Waals surface area contributed by atoms with Crippen LogP contribution in [0.25, 0.3) is 0 Å². The van der Waals surface area contributed by atoms with Crippen LogP contribution < -0.4 is 15.0 Å². The third kappa shape index (κ3) is 5.08. The number of nitrogens with zero attached hydrogens (tertiary/aromatic N) is 4. The van der Waals surface area contributed by atoms with Crippen LogP contribution in [0.15, 0.2) is 65.5 Å². The molecular weight excluding hydrogens is 434 g/mol. The number of rotatable bonds is 5. The van der Waals surface area contributed by atoms with Gasteiger partial charge in [0.1, 0.15) is 5.75 Å². The van der Waals surface area contributed by atoms with E-state index in [0.717, 1.165) is 36.4 Å². The molecule has 1 amide bonds. The lowest BCUT2D eigenvalue weighted by molar-refractivity contribution is -0.120. The fourth-order valence-electron chi connectivity index (χ4n) is 3.21. The summed E-state index contributed by atoms with van der Waals surface area (Å²) in [5, 5.41) is 2.95. The smallest absolute Gasteiger partial charge is 0.227 e. The Morgan fingerprint density at radius 3 is 2.55 bits per heavy atom. The zero-order valence-electron chi connectivity index (χ0n) is 15.7. The van der Waals surface area contributed by atoms with Crippen LogP contribution in [0.5, 0.6) is 11.6 Å². The molecule has 1 saturated heterocycles. The number of pyridine rings is 1. The van der Waals surface area contributed by atoms with E-state index in [4.69, 9.17) is 4.74 Å². The Hall–Kier alpha value is -3.00. The van der Waals surface area contributed by atoms with E-state index < -0.39 is 0 Å². The number of hydrogen-bond donors (Lipinski definition) is 1. The van der Waals surface area contributed by atoms with Crippen LogP contribution in [0.3, 0.4) is 0 Å². The molecule has 1 N–H and O–H groups in total. The number of piperidine rings is 1. The topological polar surface area (TPSA) is 80.2 Å². The Morgan fingerprint density at radius 1 is 1.07 bits per heavy atom. The van der Waals surface area contributed by atoms with Gasteiger partial charge in [0, 0.05) is 41.9 Å². The largest absolute Gasteiger partial charge is 0.439 e. The number of ether oxygens (including phenoxy) is 1. The van der Waals surface area contributed by atoms with Crippen molar-refractivity contribution < 1.29 is 9.53 Å². The molecule has 0 saturated carbocycles. The van der Waals surface area contributed by atoms with E-state index in [1.165, 1.54) is 0 Å². The van der Waals surface area contributed by atoms with Crippen molar-refractivity contribution in [2.75, 3.05) is 23.3 Å². The maximum Gasteiger partial charge on any atom is 0.227 e. The van der Waals surface area contributed by atoms with Crippen molar-refractivity contribution in [3.63, 3.8) is 0 Å². The Bertz CT molecular complexity index is 960. The van der Waals surface area contributed by atoms with Gasteiger partial charge < -0.3 is 15.0 Å². The highest BCUT2D eigenvalue weighted by Gasteiger charge is 2.26. The summed E-state index contributed by atoms with van der Waals surface area (Å²) in [6, 6.07) is 12.9. The summed E-state index contributed by atoms with van der Waals surface area (Å²) in [5.41, 5.74) is 0.658. The molecule has 1 fully saturated rings. The number of nitrogens with one attached hydrogen (secondary N) is 1. The minimum absolute atomic E-state index is 0.0149. The lowest BCUT2D eigenvalue weighted by Crippen LogP contribution is -2.39. The number of halogens is 1. The van der Waals surface area contributed by atoms with Crippen molar-refractivity contribution in [1.82, 2.24) is 15.0 Å². The van der Waals surface area contributed by atoms with Crippen molar-refractivity contribution in [3.8, 4) is 11.6 Å². The van der Waals surface area contributed by atoms with Crippen molar-refractivity contribution in [3.05, 3.63) is 65.5 Å². The van der Waals surface area contributed by atoms with Gasteiger partial charge in [0.05, 0.1) is 11.9 Å². The van der Waals surface area contributed by atoms with Gasteiger partial charge in [0.15, 0.2) is 0 Å². The van der Waals surface area contributed by atoms with Gasteiger partial charge in [-0.3, -0.25) is 4.79 Å². The van der Waals surface area contributed by atoms with Crippen molar-refractivity contribution in [2.24, 2.45) is 5.92 Å². The number of carbonyl (C=O) groups excluding carboxylic acids is 1. The summed E-state index contributed by atoms with van der Waals surface area (Å²) in [5.74, 6) is 1.86. The Labute approximate surface area is 177 Å². The maximum atomic E-state index is 12.6. The predicted octanol–water partition coefficient (Wildman–Crippen LogP) is 4.28. The van der Waals surface area contributed by atoms with E-state index >= 15 is 0 Å². The molecule has 148 valence electrons. The van der Waals surface area contributed by atoms with Crippen molar-refractivity contribution >= 4 is 33.5 Å². The predicted molar refractivity (Wildman–Crippen MR) is 114 cm³/mol. The Morgan fingerprint density at radius 2 is 1.86 bits per heavy atom. The van der Waals surface area contributed by atoms with Gasteiger partial charge in [-0.2, -0.15) is 0 Å². The molecule has 3 heterocycles. The first-order valence-electron chi connectivity index (χ1n) is 9.40. The quantitative estimate of drug-likeness (QED) is 0.620. The van der Waals surface area contributed by atoms with Crippen LogP contribution in [0.1, 0.15) is 12.8 Å². The van der Waals surface area contributed by atoms with Crippen LogP contribution in [0, 0.1) is 5.92 Å². The molecule has 0 bridgehead atoms. The lowest BCUT2D eigenvalue weighted by atomic mass is 9.96. The molecular formula is C21H20BrN5O2. The zero-order chi connectivity index (χ0) is 20.1. The summed E-state index contributed by atoms with van der Waals surface area (Å²) < 4.78 is 6.65. The molecule has 4 rings (SSSR count). The highest BCUT2D eigenvalue weighted by Crippen LogP contribution is 2.25. The fraction of sp³-hybridized carbons (Fsp3) is 0.238. The summed E-state index contributed by atoms with van der Waals surface area (Å²) in [4.78, 5) is 27.5. The summed E-state index contributed by atoms with van der Waals surface area (Å²) in [6.07, 6.45) is 6.61. The summed E-state index contributed by atoms with van der Waals surface area (Å²) in [7, 11) is 0. The first-order chi connectivity index (χ1) is 14.2. The number of carbonyl (C=O) groups is 1. The number of hydrogen-bond acceptors (Lipinski definition) is 6. The van der Waals surface area contributed by atoms with Crippen LogP contribution in [0.4, 0.5) is 11.6 Å². The highest BCUT2D eigenvalue weighted by molar-refractivity contribution is 9.10. The number of aromatic nitrogens is 3. The lowest BCUT2D eigenvalue weighted by Gasteiger charge is -2.31. The summed E-state index contributed by atoms with van der Waals surface area (Å²) in [6.45, 7) is 1.53. The molecule has 8 heteroatoms. The van der Waals surface area contributed by atoms with E-state index in [1.807, 2.05) is 24.3 Å². The second-order valence-corrected chi connectivity index (χ2v) is 7.66. The second-order valence-electron chi connectivity index (χ2n) is 6.74. The van der Waals surface area contributed by atoms with Gasteiger partial charge in [-0.15, -0.1) is 0 Å². The van der Waals surface area contributed by atoms with Gasteiger partial charge in [-0.25, -0.2) is 15.0 Å². The third-order valence-electron chi connectivity index (χ3n) is 4.72. The monoisotopic (exact) mass is 453 g/mol. The molecule has 2 aromatic heterocycles. The molecule has 7 nitrogen and oxygen atoms in total. The fourth-order valence-corrected chi connectivity index (χ4v) is 3.58. The van der Waals surface area contributed by atoms with Gasteiger partial charge in [0.25, 0.3) is 0 Å². The molecule has 29 heavy (non-hydrogen) atoms. The van der Waals surface area contributed by atoms with E-state index in [2.05, 4.69) is 41.1 Å². The van der Waals surface area contributed by atoms with Crippen LogP contribution in [-0.4, -0.2) is 33.9 Å². The van der Waals surface area contributed by atoms with Gasteiger partial charge in [-0.1, -0.05) is 22.0 Å². The number of anilines is 2. The first-order valence-corrected chi connectivity index (χ1v) is 10.2. The zero-order valence-corrected chi connectivity index (χ0v) is 17.2. The van der Waals surface area contributed by atoms with Crippen molar-refractivity contribution in [1.29, 1.82) is 0 Å². The molecule has 0 atom stereocenters. The Kier molecular flexibility index (Phi) is 6.00. The molecule has 1 aliphatic rings. The molecule has 3 aromatic rings. The molecule has 1 aliphatic heterocycles. The van der Waals surface area contributed by atoms with Crippen LogP contribution >= 0.6 is 15.9 Å². The molecule has 0 spiro atoms. The average Bonchev–Trinajstić information content (AvgIpc) is 2.76. The minimum atomic E-state index is -0.0347. The average molecular weight is 454 g/mol. The van der Waals surface area contributed by atoms with E-state index in [1.54, 1.807) is 36.8 Å². The molecule has 0 radical (unpaired) electrons. The normalized spacial score (nSPS) is 14.4. The van der Waals surface area contributed by atoms with E-state index in [0.29, 0.717) is 17.3 Å².